The van der Waals surface area contributed by atoms with Gasteiger partial charge in [0.25, 0.3) is 0 Å². The molecule has 1 heterocycles. The maximum atomic E-state index is 9.45. The number of aryl methyl sites for hydroxylation is 2. The van der Waals surface area contributed by atoms with Crippen molar-refractivity contribution in [1.82, 2.24) is 0 Å². The maximum absolute atomic E-state index is 9.45. The summed E-state index contributed by atoms with van der Waals surface area (Å²) in [5, 5.41) is 2.99. The molecule has 3 aliphatic rings. The molecule has 60 heavy (non-hydrogen) atoms. The molecule has 305 valence electrons. The third-order valence-corrected chi connectivity index (χ3v) is 36.5. The number of rotatable bonds is 13. The Morgan fingerprint density at radius 2 is 0.933 bits per heavy atom. The Bertz CT molecular complexity index is 2550. The van der Waals surface area contributed by atoms with E-state index in [1.54, 1.807) is 0 Å². The molecule has 2 unspecified atom stereocenters. The molecule has 0 nitrogen and oxygen atoms in total. The van der Waals surface area contributed by atoms with Crippen LogP contribution in [0.15, 0.2) is 139 Å². The van der Waals surface area contributed by atoms with Crippen LogP contribution in [-0.4, -0.2) is 9.52 Å². The zero-order valence-electron chi connectivity index (χ0n) is 36.3. The number of hydrogen-bond donors (Lipinski definition) is 0. The Balaban J connectivity index is 1.37. The van der Waals surface area contributed by atoms with E-state index >= 15 is 0 Å². The van der Waals surface area contributed by atoms with Crippen LogP contribution in [0.5, 0.6) is 0 Å². The third kappa shape index (κ3) is 6.97. The van der Waals surface area contributed by atoms with E-state index in [9.17, 15) is 17.0 Å². The van der Waals surface area contributed by atoms with Gasteiger partial charge in [0.2, 0.25) is 0 Å². The minimum absolute atomic E-state index is 0.0859. The summed E-state index contributed by atoms with van der Waals surface area (Å²) in [6, 6.07) is 48.4. The van der Waals surface area contributed by atoms with Gasteiger partial charge in [-0.2, -0.15) is 0 Å². The fourth-order valence-electron chi connectivity index (χ4n) is 11.6. The predicted molar refractivity (Wildman–Crippen MR) is 263 cm³/mol. The standard InChI is InChI=1S/2C22H25.C12H9Si.2ClH.Zr/c2*1-4-8-18-9-5-6-11-20(18)21-12-7-10-19-14-17(13-16(2)3)15-22(19)21;1-3-7-11-9(5-1)10-6-2-4-8-12(10)13-11;;;/h2*5-7,9-12,14-16H,4,8,13H2,1-3H3;1-7H,13H2;2*1H;/q;;;;;+2/p-2. The molecule has 0 radical (unpaired) electrons. The first kappa shape index (κ1) is 41.8. The third-order valence-electron chi connectivity index (χ3n) is 13.7. The molecule has 2 atom stereocenters. The van der Waals surface area contributed by atoms with Crippen molar-refractivity contribution in [3.63, 3.8) is 0 Å². The molecule has 2 aliphatic carbocycles. The van der Waals surface area contributed by atoms with Crippen LogP contribution in [0.1, 0.15) is 108 Å². The number of allylic oxidation sites excluding steroid dienone is 2. The second-order valence-electron chi connectivity index (χ2n) is 18.7. The number of benzene rings is 6. The Hall–Kier alpha value is -3.52. The summed E-state index contributed by atoms with van der Waals surface area (Å²) in [6.45, 7) is 14.0. The number of fused-ring (bicyclic) bond motifs is 5. The predicted octanol–water partition coefficient (Wildman–Crippen LogP) is 14.0. The SMILES string of the molecule is CCCc1ccccc1-c1cccc2c1C=C(CC(C)C)[CH]2[Zr]([Cl])([Cl])([c]1cccc2c1[SiH2]c1ccccc1-2)[CH]1C(CC(C)C)=Cc2c(-c3ccccc3CCC)cccc21. The average Bonchev–Trinajstić information content (AvgIpc) is 3.93. The monoisotopic (exact) mass is 919 g/mol. The molecule has 0 fully saturated rings. The van der Waals surface area contributed by atoms with Crippen LogP contribution in [0.3, 0.4) is 0 Å². The van der Waals surface area contributed by atoms with E-state index in [0.29, 0.717) is 11.8 Å². The van der Waals surface area contributed by atoms with Gasteiger partial charge in [0.1, 0.15) is 0 Å². The van der Waals surface area contributed by atoms with E-state index in [1.165, 1.54) is 91.6 Å². The first-order valence-corrected chi connectivity index (χ1v) is 34.5. The van der Waals surface area contributed by atoms with Crippen molar-refractivity contribution in [2.75, 3.05) is 0 Å². The Morgan fingerprint density at radius 1 is 0.500 bits per heavy atom. The van der Waals surface area contributed by atoms with Gasteiger partial charge in [-0.15, -0.1) is 0 Å². The van der Waals surface area contributed by atoms with Gasteiger partial charge in [0.15, 0.2) is 0 Å². The van der Waals surface area contributed by atoms with Crippen molar-refractivity contribution in [3.05, 3.63) is 172 Å². The Kier molecular flexibility index (Phi) is 11.6. The molecular formula is C56H59Cl2SiZr. The molecule has 0 amide bonds. The quantitative estimate of drug-likeness (QED) is 0.101. The molecule has 6 aromatic carbocycles. The molecule has 1 aliphatic heterocycles. The van der Waals surface area contributed by atoms with Crippen LogP contribution in [0.4, 0.5) is 0 Å². The van der Waals surface area contributed by atoms with Crippen LogP contribution in [-0.2, 0) is 29.2 Å². The summed E-state index contributed by atoms with van der Waals surface area (Å²) in [4.78, 5) is 0. The molecular weight excluding hydrogens is 863 g/mol. The van der Waals surface area contributed by atoms with E-state index in [4.69, 9.17) is 0 Å². The number of halogens is 2. The summed E-state index contributed by atoms with van der Waals surface area (Å²) in [5.41, 5.74) is 19.0. The van der Waals surface area contributed by atoms with Crippen molar-refractivity contribution < 1.29 is 16.4 Å². The van der Waals surface area contributed by atoms with Crippen LogP contribution in [0.25, 0.3) is 45.5 Å². The summed E-state index contributed by atoms with van der Waals surface area (Å²) >= 11 is -5.67. The van der Waals surface area contributed by atoms with Gasteiger partial charge in [-0.1, -0.05) is 0 Å². The molecule has 0 N–H and O–H groups in total. The van der Waals surface area contributed by atoms with E-state index in [2.05, 4.69) is 181 Å². The van der Waals surface area contributed by atoms with Crippen molar-refractivity contribution in [2.45, 2.75) is 87.3 Å². The molecule has 0 spiro atoms. The van der Waals surface area contributed by atoms with Gasteiger partial charge in [-0.3, -0.25) is 0 Å². The van der Waals surface area contributed by atoms with Gasteiger partial charge in [-0.05, 0) is 0 Å². The summed E-state index contributed by atoms with van der Waals surface area (Å²) in [5.74, 6) is 0.888. The van der Waals surface area contributed by atoms with Crippen LogP contribution in [0.2, 0.25) is 0 Å². The Labute approximate surface area is 370 Å². The molecule has 4 heteroatoms. The normalized spacial score (nSPS) is 17.6. The van der Waals surface area contributed by atoms with E-state index in [-0.39, 0.29) is 7.25 Å². The first-order chi connectivity index (χ1) is 29.0. The number of hydrogen-bond acceptors (Lipinski definition) is 0. The fraction of sp³-hybridized carbons (Fsp3) is 0.286. The average molecular weight is 922 g/mol. The molecule has 0 bridgehead atoms. The van der Waals surface area contributed by atoms with Gasteiger partial charge in [-0.25, -0.2) is 0 Å². The molecule has 6 aromatic rings. The van der Waals surface area contributed by atoms with Gasteiger partial charge >= 0.3 is 373 Å². The van der Waals surface area contributed by atoms with Gasteiger partial charge in [0, 0.05) is 0 Å². The zero-order chi connectivity index (χ0) is 41.8. The fourth-order valence-corrected chi connectivity index (χ4v) is 39.4. The minimum atomic E-state index is -5.67. The van der Waals surface area contributed by atoms with Crippen LogP contribution < -0.4 is 13.6 Å². The van der Waals surface area contributed by atoms with Crippen molar-refractivity contribution in [2.24, 2.45) is 11.8 Å². The topological polar surface area (TPSA) is 0 Å². The van der Waals surface area contributed by atoms with Gasteiger partial charge in [0.05, 0.1) is 0 Å². The van der Waals surface area contributed by atoms with Crippen LogP contribution >= 0.6 is 17.0 Å². The second kappa shape index (κ2) is 16.6. The summed E-state index contributed by atoms with van der Waals surface area (Å²) in [7, 11) is 18.0. The zero-order valence-corrected chi connectivity index (χ0v) is 41.7. The first-order valence-electron chi connectivity index (χ1n) is 22.6. The Morgan fingerprint density at radius 3 is 1.43 bits per heavy atom. The van der Waals surface area contributed by atoms with Gasteiger partial charge < -0.3 is 0 Å². The van der Waals surface area contributed by atoms with E-state index in [0.717, 1.165) is 38.5 Å². The molecule has 0 saturated carbocycles. The summed E-state index contributed by atoms with van der Waals surface area (Å²) < 4.78 is 1.14. The molecule has 9 rings (SSSR count). The van der Waals surface area contributed by atoms with E-state index in [1.807, 2.05) is 0 Å². The van der Waals surface area contributed by atoms with Crippen molar-refractivity contribution >= 4 is 52.3 Å². The second-order valence-corrected chi connectivity index (χ2v) is 41.2. The van der Waals surface area contributed by atoms with Crippen molar-refractivity contribution in [3.8, 4) is 33.4 Å². The molecule has 0 aromatic heterocycles. The summed E-state index contributed by atoms with van der Waals surface area (Å²) in [6.07, 6.45) is 11.3. The van der Waals surface area contributed by atoms with E-state index < -0.39 is 25.9 Å². The van der Waals surface area contributed by atoms with Crippen LogP contribution in [0, 0.1) is 11.8 Å². The van der Waals surface area contributed by atoms with Crippen molar-refractivity contribution in [1.29, 1.82) is 0 Å². The molecule has 0 saturated heterocycles.